The second-order valence-corrected chi connectivity index (χ2v) is 7.14. The highest BCUT2D eigenvalue weighted by atomic mass is 16.5. The number of nitriles is 1. The number of hydrogen-bond donors (Lipinski definition) is 0. The van der Waals surface area contributed by atoms with Crippen molar-refractivity contribution in [1.82, 2.24) is 0 Å². The van der Waals surface area contributed by atoms with Crippen LogP contribution in [0, 0.1) is 23.2 Å². The van der Waals surface area contributed by atoms with Crippen LogP contribution in [-0.4, -0.2) is 12.6 Å². The third kappa shape index (κ3) is 14.0. The van der Waals surface area contributed by atoms with E-state index in [0.29, 0.717) is 6.61 Å². The summed E-state index contributed by atoms with van der Waals surface area (Å²) < 4.78 is 5.18. The molecular formula is C20H35NO2. The molecule has 0 fully saturated rings. The van der Waals surface area contributed by atoms with Crippen molar-refractivity contribution >= 4 is 5.97 Å². The van der Waals surface area contributed by atoms with Crippen molar-refractivity contribution < 1.29 is 9.53 Å². The molecule has 0 rings (SSSR count). The van der Waals surface area contributed by atoms with Crippen LogP contribution in [0.5, 0.6) is 0 Å². The molecule has 0 spiro atoms. The number of allylic oxidation sites excluding steroid dienone is 1. The van der Waals surface area contributed by atoms with Crippen LogP contribution >= 0.6 is 0 Å². The van der Waals surface area contributed by atoms with Crippen molar-refractivity contribution in [2.45, 2.75) is 85.5 Å². The summed E-state index contributed by atoms with van der Waals surface area (Å²) in [4.78, 5) is 11.8. The Balaban J connectivity index is 3.80. The summed E-state index contributed by atoms with van der Waals surface area (Å²) in [5.41, 5.74) is 0.163. The molecule has 0 bridgehead atoms. The molecule has 0 amide bonds. The largest absolute Gasteiger partial charge is 0.462 e. The average Bonchev–Trinajstić information content (AvgIpc) is 2.49. The fourth-order valence-corrected chi connectivity index (χ4v) is 2.37. The van der Waals surface area contributed by atoms with Gasteiger partial charge in [-0.2, -0.15) is 5.26 Å². The molecular weight excluding hydrogens is 286 g/mol. The molecule has 0 aromatic rings. The number of unbranched alkanes of at least 4 members (excludes halogenated alkanes) is 5. The molecule has 23 heavy (non-hydrogen) atoms. The molecule has 0 aliphatic heterocycles. The molecule has 0 saturated heterocycles. The lowest BCUT2D eigenvalue weighted by Gasteiger charge is -2.06. The number of carbonyl (C=O) groups is 1. The first-order valence-electron chi connectivity index (χ1n) is 9.24. The van der Waals surface area contributed by atoms with Crippen LogP contribution < -0.4 is 0 Å². The molecule has 0 saturated carbocycles. The summed E-state index contributed by atoms with van der Waals surface area (Å²) >= 11 is 0. The fraction of sp³-hybridized carbons (Fsp3) is 0.800. The molecule has 0 aromatic carbocycles. The van der Waals surface area contributed by atoms with E-state index in [-0.39, 0.29) is 5.57 Å². The van der Waals surface area contributed by atoms with Gasteiger partial charge < -0.3 is 4.74 Å². The molecule has 0 atom stereocenters. The van der Waals surface area contributed by atoms with Gasteiger partial charge in [0.15, 0.2) is 0 Å². The molecule has 0 N–H and O–H groups in total. The minimum absolute atomic E-state index is 0.163. The van der Waals surface area contributed by atoms with Gasteiger partial charge in [0, 0.05) is 0 Å². The van der Waals surface area contributed by atoms with Gasteiger partial charge in [-0.1, -0.05) is 72.3 Å². The Hall–Kier alpha value is -1.30. The van der Waals surface area contributed by atoms with Gasteiger partial charge in [-0.3, -0.25) is 0 Å². The van der Waals surface area contributed by atoms with Crippen molar-refractivity contribution in [3.05, 3.63) is 11.6 Å². The van der Waals surface area contributed by atoms with Crippen molar-refractivity contribution in [2.75, 3.05) is 6.61 Å². The van der Waals surface area contributed by atoms with Crippen LogP contribution in [0.3, 0.4) is 0 Å². The van der Waals surface area contributed by atoms with E-state index in [1.165, 1.54) is 25.7 Å². The second-order valence-electron chi connectivity index (χ2n) is 7.14. The van der Waals surface area contributed by atoms with Gasteiger partial charge in [0.1, 0.15) is 11.6 Å². The number of hydrogen-bond acceptors (Lipinski definition) is 3. The predicted octanol–water partition coefficient (Wildman–Crippen LogP) is 5.80. The Morgan fingerprint density at radius 3 is 2.04 bits per heavy atom. The van der Waals surface area contributed by atoms with Crippen LogP contribution in [0.4, 0.5) is 0 Å². The number of nitrogens with zero attached hydrogens (tertiary/aromatic N) is 1. The smallest absolute Gasteiger partial charge is 0.348 e. The van der Waals surface area contributed by atoms with E-state index in [0.717, 1.165) is 43.9 Å². The van der Waals surface area contributed by atoms with Crippen LogP contribution in [-0.2, 0) is 9.53 Å². The number of carbonyl (C=O) groups excluding carboxylic acids is 1. The Bertz CT molecular complexity index is 378. The first-order chi connectivity index (χ1) is 11.0. The summed E-state index contributed by atoms with van der Waals surface area (Å²) in [6, 6.07) is 1.96. The van der Waals surface area contributed by atoms with E-state index < -0.39 is 5.97 Å². The molecule has 0 heterocycles. The lowest BCUT2D eigenvalue weighted by Crippen LogP contribution is -2.08. The topological polar surface area (TPSA) is 50.1 Å². The Morgan fingerprint density at radius 1 is 0.957 bits per heavy atom. The van der Waals surface area contributed by atoms with Crippen molar-refractivity contribution in [3.63, 3.8) is 0 Å². The molecule has 3 nitrogen and oxygen atoms in total. The fourth-order valence-electron chi connectivity index (χ4n) is 2.37. The molecule has 0 radical (unpaired) electrons. The maximum atomic E-state index is 11.8. The van der Waals surface area contributed by atoms with Gasteiger partial charge in [-0.15, -0.1) is 0 Å². The minimum atomic E-state index is -0.460. The third-order valence-electron chi connectivity index (χ3n) is 3.83. The molecule has 0 aliphatic carbocycles. The first kappa shape index (κ1) is 21.7. The normalized spacial score (nSPS) is 11.8. The van der Waals surface area contributed by atoms with Gasteiger partial charge in [-0.05, 0) is 31.1 Å². The van der Waals surface area contributed by atoms with Gasteiger partial charge >= 0.3 is 5.97 Å². The van der Waals surface area contributed by atoms with E-state index in [9.17, 15) is 4.79 Å². The molecule has 0 aliphatic rings. The predicted molar refractivity (Wildman–Crippen MR) is 95.9 cm³/mol. The van der Waals surface area contributed by atoms with E-state index >= 15 is 0 Å². The quantitative estimate of drug-likeness (QED) is 0.186. The van der Waals surface area contributed by atoms with Gasteiger partial charge in [0.25, 0.3) is 0 Å². The minimum Gasteiger partial charge on any atom is -0.462 e. The first-order valence-corrected chi connectivity index (χ1v) is 9.24. The van der Waals surface area contributed by atoms with Gasteiger partial charge in [0.05, 0.1) is 6.61 Å². The summed E-state index contributed by atoms with van der Waals surface area (Å²) in [6.07, 6.45) is 11.5. The molecule has 3 heteroatoms. The van der Waals surface area contributed by atoms with Crippen molar-refractivity contribution in [2.24, 2.45) is 11.8 Å². The maximum Gasteiger partial charge on any atom is 0.348 e. The number of ether oxygens (including phenoxy) is 1. The highest BCUT2D eigenvalue weighted by molar-refractivity contribution is 5.92. The van der Waals surface area contributed by atoms with Crippen LogP contribution in [0.15, 0.2) is 11.6 Å². The van der Waals surface area contributed by atoms with E-state index in [2.05, 4.69) is 27.7 Å². The Labute approximate surface area is 143 Å². The van der Waals surface area contributed by atoms with Crippen LogP contribution in [0.25, 0.3) is 0 Å². The highest BCUT2D eigenvalue weighted by Crippen LogP contribution is 2.11. The third-order valence-corrected chi connectivity index (χ3v) is 3.83. The highest BCUT2D eigenvalue weighted by Gasteiger charge is 2.09. The van der Waals surface area contributed by atoms with E-state index in [4.69, 9.17) is 10.00 Å². The van der Waals surface area contributed by atoms with Crippen molar-refractivity contribution in [1.29, 1.82) is 5.26 Å². The van der Waals surface area contributed by atoms with Crippen LogP contribution in [0.1, 0.15) is 85.5 Å². The number of rotatable bonds is 13. The van der Waals surface area contributed by atoms with Crippen LogP contribution in [0.2, 0.25) is 0 Å². The lowest BCUT2D eigenvalue weighted by molar-refractivity contribution is -0.138. The lowest BCUT2D eigenvalue weighted by atomic mass is 10.0. The van der Waals surface area contributed by atoms with Gasteiger partial charge in [-0.25, -0.2) is 4.79 Å². The van der Waals surface area contributed by atoms with Gasteiger partial charge in [0.2, 0.25) is 0 Å². The number of esters is 1. The molecule has 132 valence electrons. The Kier molecular flexibility index (Phi) is 13.5. The monoisotopic (exact) mass is 321 g/mol. The maximum absolute atomic E-state index is 11.8. The standard InChI is InChI=1S/C20H35NO2/c1-17(2)12-8-5-6-10-14-19(16-21)20(22)23-15-11-7-9-13-18(3)4/h14,17-18H,5-13,15H2,1-4H3. The SMILES string of the molecule is CC(C)CCCCCC=C(C#N)C(=O)OCCCCCC(C)C. The van der Waals surface area contributed by atoms with E-state index in [1.807, 2.05) is 6.07 Å². The summed E-state index contributed by atoms with van der Waals surface area (Å²) in [5.74, 6) is 1.01. The zero-order valence-corrected chi connectivity index (χ0v) is 15.6. The zero-order chi connectivity index (χ0) is 17.5. The zero-order valence-electron chi connectivity index (χ0n) is 15.6. The van der Waals surface area contributed by atoms with Crippen molar-refractivity contribution in [3.8, 4) is 6.07 Å². The summed E-state index contributed by atoms with van der Waals surface area (Å²) in [5, 5.41) is 9.05. The molecule has 0 unspecified atom stereocenters. The van der Waals surface area contributed by atoms with E-state index in [1.54, 1.807) is 6.08 Å². The molecule has 0 aromatic heterocycles. The average molecular weight is 322 g/mol. The second kappa shape index (κ2) is 14.3. The summed E-state index contributed by atoms with van der Waals surface area (Å²) in [7, 11) is 0. The summed E-state index contributed by atoms with van der Waals surface area (Å²) in [6.45, 7) is 9.31. The Morgan fingerprint density at radius 2 is 1.52 bits per heavy atom.